The summed E-state index contributed by atoms with van der Waals surface area (Å²) in [6.45, 7) is 2.44. The molecule has 0 radical (unpaired) electrons. The molecule has 3 rings (SSSR count). The van der Waals surface area contributed by atoms with Gasteiger partial charge in [-0.1, -0.05) is 6.07 Å². The van der Waals surface area contributed by atoms with E-state index in [-0.39, 0.29) is 0 Å². The number of hydrogen-bond donors (Lipinski definition) is 1. The van der Waals surface area contributed by atoms with E-state index in [0.717, 1.165) is 19.5 Å². The predicted octanol–water partition coefficient (Wildman–Crippen LogP) is 2.63. The van der Waals surface area contributed by atoms with Crippen molar-refractivity contribution in [1.82, 2.24) is 9.88 Å². The van der Waals surface area contributed by atoms with Crippen LogP contribution in [0.25, 0.3) is 0 Å². The molecule has 0 amide bonds. The summed E-state index contributed by atoms with van der Waals surface area (Å²) in [5.41, 5.74) is 1.25. The number of H-pyrrole nitrogens is 1. The number of nitrogens with zero attached hydrogens (tertiary/aromatic N) is 1. The van der Waals surface area contributed by atoms with Gasteiger partial charge in [0.15, 0.2) is 9.84 Å². The Kier molecular flexibility index (Phi) is 4.73. The number of benzene rings is 1. The molecule has 0 aliphatic carbocycles. The Labute approximate surface area is 137 Å². The SMILES string of the molecule is CS(=O)(=O)c1cccc(OCCN2CCC[C@@H]2c2ccc[nH]2)c1. The highest BCUT2D eigenvalue weighted by atomic mass is 32.2. The van der Waals surface area contributed by atoms with Crippen LogP contribution in [0.1, 0.15) is 24.6 Å². The van der Waals surface area contributed by atoms with Crippen LogP contribution in [0.3, 0.4) is 0 Å². The molecule has 124 valence electrons. The van der Waals surface area contributed by atoms with Gasteiger partial charge in [0, 0.05) is 30.7 Å². The average molecular weight is 334 g/mol. The third kappa shape index (κ3) is 3.95. The van der Waals surface area contributed by atoms with Gasteiger partial charge in [-0.3, -0.25) is 4.90 Å². The minimum atomic E-state index is -3.20. The molecule has 1 fully saturated rings. The fourth-order valence-corrected chi connectivity index (χ4v) is 3.73. The minimum absolute atomic E-state index is 0.292. The molecule has 0 unspecified atom stereocenters. The second-order valence-corrected chi connectivity index (χ2v) is 7.93. The van der Waals surface area contributed by atoms with Crippen molar-refractivity contribution in [3.8, 4) is 5.75 Å². The first-order valence-corrected chi connectivity index (χ1v) is 9.73. The summed E-state index contributed by atoms with van der Waals surface area (Å²) in [6.07, 6.45) is 5.51. The van der Waals surface area contributed by atoms with Gasteiger partial charge in [-0.15, -0.1) is 0 Å². The van der Waals surface area contributed by atoms with E-state index in [9.17, 15) is 8.42 Å². The number of ether oxygens (including phenoxy) is 1. The normalized spacial score (nSPS) is 19.1. The van der Waals surface area contributed by atoms with Crippen LogP contribution in [-0.4, -0.2) is 44.3 Å². The van der Waals surface area contributed by atoms with Gasteiger partial charge < -0.3 is 9.72 Å². The number of likely N-dealkylation sites (tertiary alicyclic amines) is 1. The van der Waals surface area contributed by atoms with Crippen LogP contribution in [-0.2, 0) is 9.84 Å². The Hall–Kier alpha value is -1.79. The van der Waals surface area contributed by atoms with E-state index < -0.39 is 9.84 Å². The van der Waals surface area contributed by atoms with Crippen LogP contribution in [0, 0.1) is 0 Å². The Morgan fingerprint density at radius 1 is 1.30 bits per heavy atom. The zero-order valence-electron chi connectivity index (χ0n) is 13.2. The summed E-state index contributed by atoms with van der Waals surface area (Å²) in [5, 5.41) is 0. The standard InChI is InChI=1S/C17H22N2O3S/c1-23(20,21)15-6-2-5-14(13-15)22-12-11-19-10-4-8-17(19)16-7-3-9-18-16/h2-3,5-7,9,13,17-18H,4,8,10-12H2,1H3/t17-/m1/s1. The molecular weight excluding hydrogens is 312 g/mol. The lowest BCUT2D eigenvalue weighted by Gasteiger charge is -2.23. The molecule has 0 spiro atoms. The summed E-state index contributed by atoms with van der Waals surface area (Å²) >= 11 is 0. The van der Waals surface area contributed by atoms with Crippen molar-refractivity contribution in [3.63, 3.8) is 0 Å². The van der Waals surface area contributed by atoms with Gasteiger partial charge in [0.2, 0.25) is 0 Å². The molecule has 1 aromatic heterocycles. The fraction of sp³-hybridized carbons (Fsp3) is 0.412. The number of aromatic amines is 1. The molecule has 1 atom stereocenters. The highest BCUT2D eigenvalue weighted by Gasteiger charge is 2.26. The van der Waals surface area contributed by atoms with Crippen LogP contribution < -0.4 is 4.74 Å². The molecule has 6 heteroatoms. The average Bonchev–Trinajstić information content (AvgIpc) is 3.17. The third-order valence-corrected chi connectivity index (χ3v) is 5.34. The van der Waals surface area contributed by atoms with Crippen molar-refractivity contribution in [3.05, 3.63) is 48.3 Å². The predicted molar refractivity (Wildman–Crippen MR) is 89.4 cm³/mol. The van der Waals surface area contributed by atoms with E-state index in [1.165, 1.54) is 18.4 Å². The minimum Gasteiger partial charge on any atom is -0.492 e. The Morgan fingerprint density at radius 3 is 2.91 bits per heavy atom. The summed E-state index contributed by atoms with van der Waals surface area (Å²) in [7, 11) is -3.20. The zero-order chi connectivity index (χ0) is 16.3. The first-order valence-electron chi connectivity index (χ1n) is 7.84. The maximum atomic E-state index is 11.6. The van der Waals surface area contributed by atoms with Crippen LogP contribution in [0.4, 0.5) is 0 Å². The topological polar surface area (TPSA) is 62.4 Å². The van der Waals surface area contributed by atoms with Gasteiger partial charge in [-0.25, -0.2) is 8.42 Å². The summed E-state index contributed by atoms with van der Waals surface area (Å²) < 4.78 is 28.9. The maximum absolute atomic E-state index is 11.6. The van der Waals surface area contributed by atoms with E-state index in [1.54, 1.807) is 24.3 Å². The largest absolute Gasteiger partial charge is 0.492 e. The van der Waals surface area contributed by atoms with Gasteiger partial charge in [-0.2, -0.15) is 0 Å². The van der Waals surface area contributed by atoms with Crippen LogP contribution in [0.15, 0.2) is 47.5 Å². The number of sulfone groups is 1. The monoisotopic (exact) mass is 334 g/mol. The first kappa shape index (κ1) is 16.1. The molecule has 1 aromatic carbocycles. The molecule has 2 aromatic rings. The molecule has 1 N–H and O–H groups in total. The number of rotatable bonds is 6. The summed E-state index contributed by atoms with van der Waals surface area (Å²) in [4.78, 5) is 5.99. The molecular formula is C17H22N2O3S. The number of nitrogens with one attached hydrogen (secondary N) is 1. The highest BCUT2D eigenvalue weighted by Crippen LogP contribution is 2.30. The van der Waals surface area contributed by atoms with Crippen molar-refractivity contribution in [2.24, 2.45) is 0 Å². The maximum Gasteiger partial charge on any atom is 0.175 e. The van der Waals surface area contributed by atoms with Gasteiger partial charge in [-0.05, 0) is 49.7 Å². The van der Waals surface area contributed by atoms with Gasteiger partial charge >= 0.3 is 0 Å². The molecule has 1 saturated heterocycles. The summed E-state index contributed by atoms with van der Waals surface area (Å²) in [5.74, 6) is 0.601. The van der Waals surface area contributed by atoms with E-state index >= 15 is 0 Å². The van der Waals surface area contributed by atoms with Crippen molar-refractivity contribution in [2.75, 3.05) is 26.0 Å². The lowest BCUT2D eigenvalue weighted by atomic mass is 10.1. The van der Waals surface area contributed by atoms with Gasteiger partial charge in [0.05, 0.1) is 4.90 Å². The van der Waals surface area contributed by atoms with E-state index in [4.69, 9.17) is 4.74 Å². The Bertz CT molecular complexity index is 741. The van der Waals surface area contributed by atoms with Crippen LogP contribution in [0.2, 0.25) is 0 Å². The van der Waals surface area contributed by atoms with E-state index in [1.807, 2.05) is 12.3 Å². The molecule has 1 aliphatic rings. The molecule has 5 nitrogen and oxygen atoms in total. The lowest BCUT2D eigenvalue weighted by Crippen LogP contribution is -2.28. The molecule has 23 heavy (non-hydrogen) atoms. The second kappa shape index (κ2) is 6.76. The van der Waals surface area contributed by atoms with Crippen LogP contribution in [0.5, 0.6) is 5.75 Å². The zero-order valence-corrected chi connectivity index (χ0v) is 14.1. The lowest BCUT2D eigenvalue weighted by molar-refractivity contribution is 0.195. The molecule has 2 heterocycles. The third-order valence-electron chi connectivity index (χ3n) is 4.23. The van der Waals surface area contributed by atoms with Crippen molar-refractivity contribution < 1.29 is 13.2 Å². The number of hydrogen-bond acceptors (Lipinski definition) is 4. The van der Waals surface area contributed by atoms with Gasteiger partial charge in [0.1, 0.15) is 12.4 Å². The molecule has 1 aliphatic heterocycles. The second-order valence-electron chi connectivity index (χ2n) is 5.91. The first-order chi connectivity index (χ1) is 11.0. The van der Waals surface area contributed by atoms with Crippen LogP contribution >= 0.6 is 0 Å². The fourth-order valence-electron chi connectivity index (χ4n) is 3.07. The van der Waals surface area contributed by atoms with Gasteiger partial charge in [0.25, 0.3) is 0 Å². The smallest absolute Gasteiger partial charge is 0.175 e. The Morgan fingerprint density at radius 2 is 2.17 bits per heavy atom. The number of aromatic nitrogens is 1. The van der Waals surface area contributed by atoms with E-state index in [2.05, 4.69) is 16.0 Å². The highest BCUT2D eigenvalue weighted by molar-refractivity contribution is 7.90. The van der Waals surface area contributed by atoms with Crippen molar-refractivity contribution in [1.29, 1.82) is 0 Å². The summed E-state index contributed by atoms with van der Waals surface area (Å²) in [6, 6.07) is 11.3. The van der Waals surface area contributed by atoms with Crippen molar-refractivity contribution >= 4 is 9.84 Å². The molecule has 0 saturated carbocycles. The molecule has 0 bridgehead atoms. The Balaban J connectivity index is 1.57. The van der Waals surface area contributed by atoms with Crippen molar-refractivity contribution in [2.45, 2.75) is 23.8 Å². The quantitative estimate of drug-likeness (QED) is 0.882. The van der Waals surface area contributed by atoms with E-state index in [0.29, 0.717) is 23.3 Å².